The van der Waals surface area contributed by atoms with Crippen molar-refractivity contribution in [2.75, 3.05) is 0 Å². The molecule has 1 fully saturated rings. The van der Waals surface area contributed by atoms with Gasteiger partial charge in [-0.1, -0.05) is 171 Å². The average Bonchev–Trinajstić information content (AvgIpc) is 3.82. The number of benzene rings is 4. The van der Waals surface area contributed by atoms with Gasteiger partial charge in [0.2, 0.25) is 0 Å². The number of hydrogen-bond donors (Lipinski definition) is 2. The van der Waals surface area contributed by atoms with Gasteiger partial charge in [-0.15, -0.1) is 0 Å². The highest BCUT2D eigenvalue weighted by molar-refractivity contribution is 7.77. The Morgan fingerprint density at radius 2 is 0.792 bits per heavy atom. The van der Waals surface area contributed by atoms with Gasteiger partial charge < -0.3 is 20.8 Å². The van der Waals surface area contributed by atoms with Crippen molar-refractivity contribution in [2.24, 2.45) is 0 Å². The number of rotatable bonds is 10. The summed E-state index contributed by atoms with van der Waals surface area (Å²) in [5.41, 5.74) is 1.42. The van der Waals surface area contributed by atoms with E-state index in [2.05, 4.69) is 120 Å². The molecular formula is C42H38N2O2P2-2. The zero-order valence-electron chi connectivity index (χ0n) is 26.7. The van der Waals surface area contributed by atoms with Gasteiger partial charge in [-0.05, 0) is 83.4 Å². The predicted octanol–water partition coefficient (Wildman–Crippen LogP) is 5.79. The molecule has 0 radical (unpaired) electrons. The zero-order chi connectivity index (χ0) is 32.7. The summed E-state index contributed by atoms with van der Waals surface area (Å²) in [6.07, 6.45) is 15.7. The van der Waals surface area contributed by atoms with Crippen molar-refractivity contribution in [1.82, 2.24) is 10.6 Å². The summed E-state index contributed by atoms with van der Waals surface area (Å²) < 4.78 is 0. The van der Waals surface area contributed by atoms with Gasteiger partial charge in [0.25, 0.3) is 0 Å². The van der Waals surface area contributed by atoms with Crippen molar-refractivity contribution in [2.45, 2.75) is 37.8 Å². The van der Waals surface area contributed by atoms with Crippen molar-refractivity contribution in [3.8, 4) is 0 Å². The molecule has 0 amide bonds. The maximum atomic E-state index is 14.1. The largest absolute Gasteiger partial charge is 0.860 e. The summed E-state index contributed by atoms with van der Waals surface area (Å²) >= 11 is 0. The van der Waals surface area contributed by atoms with Crippen LogP contribution in [0.1, 0.15) is 25.7 Å². The average molecular weight is 665 g/mol. The SMILES string of the molecule is [O-]/C(N[C@@H]1CCCC[C@H]1N/C([O-])=C1/C=CC=C1P(c1ccccc1)c1ccccc1)=C1\C=CC=C1P(c1ccccc1)c1ccccc1. The Bertz CT molecular complexity index is 1680. The Labute approximate surface area is 286 Å². The highest BCUT2D eigenvalue weighted by atomic mass is 31.1. The molecule has 0 aliphatic heterocycles. The fraction of sp³-hybridized carbons (Fsp3) is 0.143. The van der Waals surface area contributed by atoms with Crippen molar-refractivity contribution in [1.29, 1.82) is 0 Å². The van der Waals surface area contributed by atoms with E-state index in [0.717, 1.165) is 36.3 Å². The third kappa shape index (κ3) is 6.97. The molecule has 0 unspecified atom stereocenters. The van der Waals surface area contributed by atoms with Crippen molar-refractivity contribution in [3.63, 3.8) is 0 Å². The van der Waals surface area contributed by atoms with Crippen LogP contribution in [0.25, 0.3) is 0 Å². The van der Waals surface area contributed by atoms with Crippen molar-refractivity contribution in [3.05, 3.63) is 191 Å². The Kier molecular flexibility index (Phi) is 10.0. The van der Waals surface area contributed by atoms with Gasteiger partial charge in [-0.3, -0.25) is 0 Å². The highest BCUT2D eigenvalue weighted by Crippen LogP contribution is 2.50. The van der Waals surface area contributed by atoms with E-state index in [-0.39, 0.29) is 23.8 Å². The topological polar surface area (TPSA) is 70.2 Å². The van der Waals surface area contributed by atoms with E-state index in [1.54, 1.807) is 0 Å². The van der Waals surface area contributed by atoms with Crippen molar-refractivity contribution < 1.29 is 10.2 Å². The molecule has 0 saturated heterocycles. The summed E-state index contributed by atoms with van der Waals surface area (Å²) in [6, 6.07) is 41.5. The van der Waals surface area contributed by atoms with Crippen LogP contribution >= 0.6 is 15.8 Å². The van der Waals surface area contributed by atoms with Crippen LogP contribution in [0.2, 0.25) is 0 Å². The van der Waals surface area contributed by atoms with Crippen LogP contribution in [0.5, 0.6) is 0 Å². The second-order valence-electron chi connectivity index (χ2n) is 12.1. The summed E-state index contributed by atoms with van der Waals surface area (Å²) in [7, 11) is -1.83. The lowest BCUT2D eigenvalue weighted by molar-refractivity contribution is -0.318. The van der Waals surface area contributed by atoms with E-state index >= 15 is 0 Å². The van der Waals surface area contributed by atoms with Gasteiger partial charge in [-0.2, -0.15) is 0 Å². The summed E-state index contributed by atoms with van der Waals surface area (Å²) in [5.74, 6) is -0.155. The molecular weight excluding hydrogens is 626 g/mol. The number of allylic oxidation sites excluding steroid dienone is 10. The Balaban J connectivity index is 1.15. The second kappa shape index (κ2) is 15.1. The van der Waals surface area contributed by atoms with Crippen LogP contribution in [0.3, 0.4) is 0 Å². The maximum Gasteiger partial charge on any atom is 0.0451 e. The lowest BCUT2D eigenvalue weighted by Gasteiger charge is -2.39. The third-order valence-corrected chi connectivity index (χ3v) is 14.0. The molecule has 48 heavy (non-hydrogen) atoms. The quantitative estimate of drug-likeness (QED) is 0.166. The first-order chi connectivity index (χ1) is 23.7. The van der Waals surface area contributed by atoms with E-state index in [0.29, 0.717) is 11.1 Å². The minimum absolute atomic E-state index is 0.0776. The zero-order valence-corrected chi connectivity index (χ0v) is 28.5. The predicted molar refractivity (Wildman–Crippen MR) is 199 cm³/mol. The molecule has 0 bridgehead atoms. The normalized spacial score (nSPS) is 20.9. The first kappa shape index (κ1) is 32.0. The van der Waals surface area contributed by atoms with Crippen LogP contribution in [0.4, 0.5) is 0 Å². The molecule has 2 N–H and O–H groups in total. The fourth-order valence-electron chi connectivity index (χ4n) is 6.73. The van der Waals surface area contributed by atoms with Crippen LogP contribution in [0, 0.1) is 0 Å². The molecule has 6 heteroatoms. The van der Waals surface area contributed by atoms with Gasteiger partial charge in [0, 0.05) is 12.1 Å². The van der Waals surface area contributed by atoms with Crippen molar-refractivity contribution >= 4 is 37.1 Å². The van der Waals surface area contributed by atoms with Crippen LogP contribution in [0.15, 0.2) is 191 Å². The standard InChI is InChI=1S/C42H40N2O2P2/c45-41(35-25-15-29-39(35)47(31-17-5-1-6-18-31)32-19-7-2-8-20-32)43-37-27-13-14-28-38(37)44-42(46)36-26-16-30-40(36)48(33-21-9-3-10-22-33)34-23-11-4-12-24-34/h1-12,15-26,29-30,37-38,43-46H,13-14,27-28H2/p-2/b41-35+,42-36+/t37-,38-/m1/s1. The Hall–Kier alpha value is -4.62. The summed E-state index contributed by atoms with van der Waals surface area (Å²) in [4.78, 5) is 0. The molecule has 7 rings (SSSR count). The molecule has 0 aromatic heterocycles. The highest BCUT2D eigenvalue weighted by Gasteiger charge is 2.28. The summed E-state index contributed by atoms with van der Waals surface area (Å²) in [6.45, 7) is 0. The molecule has 240 valence electrons. The van der Waals surface area contributed by atoms with Crippen LogP contribution < -0.4 is 42.1 Å². The smallest absolute Gasteiger partial charge is 0.0451 e. The number of nitrogens with one attached hydrogen (secondary N) is 2. The summed E-state index contributed by atoms with van der Waals surface area (Å²) in [5, 5.41) is 41.8. The first-order valence-corrected chi connectivity index (χ1v) is 19.3. The second-order valence-corrected chi connectivity index (χ2v) is 16.5. The van der Waals surface area contributed by atoms with E-state index in [9.17, 15) is 10.2 Å². The third-order valence-electron chi connectivity index (χ3n) is 9.01. The van der Waals surface area contributed by atoms with Gasteiger partial charge >= 0.3 is 0 Å². The minimum Gasteiger partial charge on any atom is -0.860 e. The van der Waals surface area contributed by atoms with E-state index in [1.807, 2.05) is 48.6 Å². The molecule has 3 aliphatic rings. The van der Waals surface area contributed by atoms with E-state index in [4.69, 9.17) is 0 Å². The Morgan fingerprint density at radius 1 is 0.479 bits per heavy atom. The van der Waals surface area contributed by atoms with E-state index in [1.165, 1.54) is 21.2 Å². The van der Waals surface area contributed by atoms with Crippen LogP contribution in [-0.2, 0) is 0 Å². The minimum atomic E-state index is -0.913. The number of hydrogen-bond acceptors (Lipinski definition) is 4. The first-order valence-electron chi connectivity index (χ1n) is 16.6. The molecule has 3 aliphatic carbocycles. The van der Waals surface area contributed by atoms with Gasteiger partial charge in [0.05, 0.1) is 0 Å². The molecule has 4 aromatic rings. The molecule has 4 aromatic carbocycles. The lowest BCUT2D eigenvalue weighted by Crippen LogP contribution is -2.52. The van der Waals surface area contributed by atoms with Gasteiger partial charge in [0.15, 0.2) is 0 Å². The molecule has 2 atom stereocenters. The molecule has 4 nitrogen and oxygen atoms in total. The molecule has 0 spiro atoms. The molecule has 0 heterocycles. The lowest BCUT2D eigenvalue weighted by atomic mass is 9.90. The maximum absolute atomic E-state index is 14.1. The van der Waals surface area contributed by atoms with Gasteiger partial charge in [0.1, 0.15) is 0 Å². The monoisotopic (exact) mass is 664 g/mol. The molecule has 1 saturated carbocycles. The Morgan fingerprint density at radius 3 is 1.10 bits per heavy atom. The van der Waals surface area contributed by atoms with Gasteiger partial charge in [-0.25, -0.2) is 0 Å². The van der Waals surface area contributed by atoms with E-state index < -0.39 is 15.8 Å². The fourth-order valence-corrected chi connectivity index (χ4v) is 11.6. The van der Waals surface area contributed by atoms with Crippen LogP contribution in [-0.4, -0.2) is 12.1 Å².